The van der Waals surface area contributed by atoms with E-state index in [1.165, 1.54) is 36.8 Å². The molecule has 4 aromatic rings. The Labute approximate surface area is 168 Å². The van der Waals surface area contributed by atoms with Crippen LogP contribution in [0.15, 0.2) is 73.2 Å². The fraction of sp³-hybridized carbons (Fsp3) is 0.0476. The van der Waals surface area contributed by atoms with Crippen LogP contribution in [0.25, 0.3) is 22.2 Å². The molecule has 4 rings (SSSR count). The lowest BCUT2D eigenvalue weighted by Crippen LogP contribution is -2.17. The molecule has 1 N–H and O–H groups in total. The van der Waals surface area contributed by atoms with Crippen molar-refractivity contribution in [3.8, 4) is 17.0 Å². The molecule has 0 atom stereocenters. The maximum atomic E-state index is 12.7. The van der Waals surface area contributed by atoms with Crippen LogP contribution >= 0.6 is 0 Å². The smallest absolute Gasteiger partial charge is 0.406 e. The van der Waals surface area contributed by atoms with E-state index in [0.717, 1.165) is 0 Å². The first kappa shape index (κ1) is 19.3. The third-order valence-electron chi connectivity index (χ3n) is 4.13. The number of hydrogen-bond donors (Lipinski definition) is 1. The fourth-order valence-electron chi connectivity index (χ4n) is 2.89. The molecule has 0 spiro atoms. The molecule has 0 aliphatic carbocycles. The molecule has 0 saturated heterocycles. The van der Waals surface area contributed by atoms with Gasteiger partial charge in [0.05, 0.1) is 23.0 Å². The van der Waals surface area contributed by atoms with E-state index < -0.39 is 12.3 Å². The van der Waals surface area contributed by atoms with E-state index in [9.17, 15) is 18.0 Å². The molecule has 0 fully saturated rings. The van der Waals surface area contributed by atoms with E-state index in [0.29, 0.717) is 27.7 Å². The van der Waals surface area contributed by atoms with E-state index in [4.69, 9.17) is 0 Å². The Bertz CT molecular complexity index is 1210. The number of nitrogens with one attached hydrogen (secondary N) is 1. The highest BCUT2D eigenvalue weighted by molar-refractivity contribution is 6.11. The van der Waals surface area contributed by atoms with Crippen LogP contribution in [0.1, 0.15) is 10.4 Å². The van der Waals surface area contributed by atoms with Gasteiger partial charge >= 0.3 is 6.36 Å². The Morgan fingerprint density at radius 3 is 2.60 bits per heavy atom. The number of pyridine rings is 1. The zero-order chi connectivity index (χ0) is 21.1. The summed E-state index contributed by atoms with van der Waals surface area (Å²) in [6.45, 7) is 0. The summed E-state index contributed by atoms with van der Waals surface area (Å²) in [5, 5.41) is 3.35. The third-order valence-corrected chi connectivity index (χ3v) is 4.13. The Morgan fingerprint density at radius 2 is 1.83 bits per heavy atom. The number of carbonyl (C=O) groups excluding carboxylic acids is 1. The topological polar surface area (TPSA) is 77.0 Å². The molecule has 2 aromatic carbocycles. The van der Waals surface area contributed by atoms with Crippen molar-refractivity contribution in [3.05, 3.63) is 78.8 Å². The first-order valence-electron chi connectivity index (χ1n) is 8.72. The monoisotopic (exact) mass is 410 g/mol. The highest BCUT2D eigenvalue weighted by atomic mass is 19.4. The number of benzene rings is 2. The summed E-state index contributed by atoms with van der Waals surface area (Å²) < 4.78 is 41.5. The Balaban J connectivity index is 1.71. The van der Waals surface area contributed by atoms with Gasteiger partial charge in [-0.3, -0.25) is 9.78 Å². The summed E-state index contributed by atoms with van der Waals surface area (Å²) in [4.78, 5) is 25.1. The average molecular weight is 410 g/mol. The number of aromatic nitrogens is 3. The Morgan fingerprint density at radius 1 is 1.00 bits per heavy atom. The molecular formula is C21H13F3N4O2. The van der Waals surface area contributed by atoms with Gasteiger partial charge in [0.1, 0.15) is 5.75 Å². The maximum absolute atomic E-state index is 12.7. The predicted octanol–water partition coefficient (Wildman–Crippen LogP) is 4.84. The second kappa shape index (κ2) is 7.78. The molecule has 2 heterocycles. The zero-order valence-electron chi connectivity index (χ0n) is 15.2. The average Bonchev–Trinajstić information content (AvgIpc) is 2.72. The summed E-state index contributed by atoms with van der Waals surface area (Å²) in [5.41, 5.74) is 1.51. The van der Waals surface area contributed by atoms with Crippen LogP contribution in [0, 0.1) is 0 Å². The molecule has 0 aliphatic heterocycles. The van der Waals surface area contributed by atoms with Crippen molar-refractivity contribution < 1.29 is 22.7 Å². The lowest BCUT2D eigenvalue weighted by molar-refractivity contribution is -0.274. The summed E-state index contributed by atoms with van der Waals surface area (Å²) in [6.07, 6.45) is -0.446. The van der Waals surface area contributed by atoms with Crippen LogP contribution in [-0.2, 0) is 0 Å². The number of rotatable bonds is 4. The van der Waals surface area contributed by atoms with Crippen molar-refractivity contribution in [3.63, 3.8) is 0 Å². The number of hydrogen-bond acceptors (Lipinski definition) is 5. The molecule has 9 heteroatoms. The number of ether oxygens (including phenoxy) is 1. The van der Waals surface area contributed by atoms with Crippen molar-refractivity contribution >= 4 is 22.6 Å². The number of halogens is 3. The first-order valence-corrected chi connectivity index (χ1v) is 8.72. The summed E-state index contributed by atoms with van der Waals surface area (Å²) in [5.74, 6) is -0.497. The van der Waals surface area contributed by atoms with E-state index >= 15 is 0 Å². The van der Waals surface area contributed by atoms with Crippen LogP contribution in [0.3, 0.4) is 0 Å². The number of para-hydroxylation sites is 1. The zero-order valence-corrected chi connectivity index (χ0v) is 15.2. The Hall–Kier alpha value is -4.01. The van der Waals surface area contributed by atoms with E-state index in [-0.39, 0.29) is 11.6 Å². The number of fused-ring (bicyclic) bond motifs is 1. The number of nitrogens with zero attached hydrogens (tertiary/aromatic N) is 3. The van der Waals surface area contributed by atoms with Gasteiger partial charge in [-0.25, -0.2) is 9.97 Å². The summed E-state index contributed by atoms with van der Waals surface area (Å²) in [6, 6.07) is 14.0. The third kappa shape index (κ3) is 4.35. The van der Waals surface area contributed by atoms with Gasteiger partial charge in [-0.15, -0.1) is 13.2 Å². The highest BCUT2D eigenvalue weighted by Gasteiger charge is 2.31. The molecular weight excluding hydrogens is 397 g/mol. The van der Waals surface area contributed by atoms with Crippen molar-refractivity contribution in [2.24, 2.45) is 0 Å². The molecule has 0 unspecified atom stereocenters. The van der Waals surface area contributed by atoms with Crippen molar-refractivity contribution in [2.75, 3.05) is 5.32 Å². The molecule has 6 nitrogen and oxygen atoms in total. The molecule has 1 amide bonds. The van der Waals surface area contributed by atoms with Crippen molar-refractivity contribution in [1.29, 1.82) is 0 Å². The first-order chi connectivity index (χ1) is 14.4. The number of alkyl halides is 3. The molecule has 2 aromatic heterocycles. The molecule has 0 aliphatic rings. The van der Waals surface area contributed by atoms with Gasteiger partial charge in [0.2, 0.25) is 0 Å². The van der Waals surface area contributed by atoms with Gasteiger partial charge in [-0.2, -0.15) is 0 Å². The van der Waals surface area contributed by atoms with Gasteiger partial charge in [0.25, 0.3) is 5.91 Å². The van der Waals surface area contributed by atoms with Gasteiger partial charge < -0.3 is 10.1 Å². The van der Waals surface area contributed by atoms with E-state index in [1.54, 1.807) is 36.4 Å². The standard InChI is InChI=1S/C21H13F3N4O2/c22-21(23,24)30-15-5-1-4-14(11-15)17-8-7-13-3-2-6-16(19(13)27-17)20(29)28-18-12-25-9-10-26-18/h1-12H,(H,26,28,29). The van der Waals surface area contributed by atoms with Crippen LogP contribution in [0.2, 0.25) is 0 Å². The molecule has 150 valence electrons. The molecule has 0 saturated carbocycles. The molecule has 30 heavy (non-hydrogen) atoms. The van der Waals surface area contributed by atoms with Crippen LogP contribution in [0.5, 0.6) is 5.75 Å². The minimum Gasteiger partial charge on any atom is -0.406 e. The molecule has 0 bridgehead atoms. The quantitative estimate of drug-likeness (QED) is 0.521. The predicted molar refractivity (Wildman–Crippen MR) is 104 cm³/mol. The van der Waals surface area contributed by atoms with Crippen LogP contribution in [0.4, 0.5) is 19.0 Å². The van der Waals surface area contributed by atoms with Gasteiger partial charge in [0, 0.05) is 23.3 Å². The summed E-state index contributed by atoms with van der Waals surface area (Å²) >= 11 is 0. The number of amides is 1. The normalized spacial score (nSPS) is 11.3. The second-order valence-corrected chi connectivity index (χ2v) is 6.19. The highest BCUT2D eigenvalue weighted by Crippen LogP contribution is 2.29. The van der Waals surface area contributed by atoms with Gasteiger partial charge in [-0.05, 0) is 24.3 Å². The van der Waals surface area contributed by atoms with Gasteiger partial charge in [-0.1, -0.05) is 30.3 Å². The van der Waals surface area contributed by atoms with Crippen molar-refractivity contribution in [1.82, 2.24) is 15.0 Å². The number of anilines is 1. The maximum Gasteiger partial charge on any atom is 0.573 e. The lowest BCUT2D eigenvalue weighted by Gasteiger charge is -2.11. The Kier molecular flexibility index (Phi) is 5.01. The number of carbonyl (C=O) groups is 1. The van der Waals surface area contributed by atoms with E-state index in [2.05, 4.69) is 25.0 Å². The summed E-state index contributed by atoms with van der Waals surface area (Å²) in [7, 11) is 0. The minimum atomic E-state index is -4.79. The van der Waals surface area contributed by atoms with E-state index in [1.807, 2.05) is 0 Å². The van der Waals surface area contributed by atoms with Crippen LogP contribution in [-0.4, -0.2) is 27.2 Å². The van der Waals surface area contributed by atoms with Crippen LogP contribution < -0.4 is 10.1 Å². The lowest BCUT2D eigenvalue weighted by atomic mass is 10.1. The molecule has 0 radical (unpaired) electrons. The fourth-order valence-corrected chi connectivity index (χ4v) is 2.89. The van der Waals surface area contributed by atoms with Crippen molar-refractivity contribution in [2.45, 2.75) is 6.36 Å². The van der Waals surface area contributed by atoms with Gasteiger partial charge in [0.15, 0.2) is 5.82 Å². The minimum absolute atomic E-state index is 0.285. The SMILES string of the molecule is O=C(Nc1cnccn1)c1cccc2ccc(-c3cccc(OC(F)(F)F)c3)nc12. The second-order valence-electron chi connectivity index (χ2n) is 6.19. The largest absolute Gasteiger partial charge is 0.573 e.